The molecule has 1 heterocycles. The van der Waals surface area contributed by atoms with Crippen molar-refractivity contribution in [3.05, 3.63) is 5.01 Å². The number of aliphatic hydroxyl groups is 1. The van der Waals surface area contributed by atoms with Crippen LogP contribution in [-0.2, 0) is 6.42 Å². The number of aromatic nitrogens is 2. The first-order chi connectivity index (χ1) is 10.2. The topological polar surface area (TPSA) is 78.4 Å². The van der Waals surface area contributed by atoms with E-state index in [2.05, 4.69) is 22.4 Å². The van der Waals surface area contributed by atoms with E-state index < -0.39 is 24.9 Å². The quantitative estimate of drug-likeness (QED) is 0.748. The second kappa shape index (κ2) is 8.28. The molecule has 2 amide bonds. The molecular formula is C12H19F3N4O2S. The number of alkyl halides is 3. The van der Waals surface area contributed by atoms with Crippen LogP contribution in [0.4, 0.5) is 23.1 Å². The summed E-state index contributed by atoms with van der Waals surface area (Å²) >= 11 is 1.19. The number of nitrogens with one attached hydrogen (secondary N) is 1. The van der Waals surface area contributed by atoms with E-state index in [1.165, 1.54) is 11.3 Å². The first-order valence-corrected chi connectivity index (χ1v) is 7.65. The van der Waals surface area contributed by atoms with Gasteiger partial charge in [0.05, 0.1) is 6.54 Å². The summed E-state index contributed by atoms with van der Waals surface area (Å²) in [7, 11) is 1.16. The number of unbranched alkanes of at least 4 members (excludes halogenated alkanes) is 2. The first-order valence-electron chi connectivity index (χ1n) is 6.83. The fourth-order valence-electron chi connectivity index (χ4n) is 1.56. The molecule has 22 heavy (non-hydrogen) atoms. The summed E-state index contributed by atoms with van der Waals surface area (Å²) in [5.41, 5.74) is 0. The van der Waals surface area contributed by atoms with Gasteiger partial charge in [0.25, 0.3) is 0 Å². The molecule has 0 fully saturated rings. The van der Waals surface area contributed by atoms with Crippen LogP contribution in [0.1, 0.15) is 31.2 Å². The highest BCUT2D eigenvalue weighted by molar-refractivity contribution is 7.15. The van der Waals surface area contributed by atoms with E-state index in [-0.39, 0.29) is 5.13 Å². The molecule has 1 atom stereocenters. The molecule has 0 aromatic carbocycles. The number of aliphatic hydroxyl groups excluding tert-OH is 1. The predicted molar refractivity (Wildman–Crippen MR) is 76.8 cm³/mol. The van der Waals surface area contributed by atoms with Crippen molar-refractivity contribution < 1.29 is 23.1 Å². The molecule has 1 unspecified atom stereocenters. The van der Waals surface area contributed by atoms with E-state index in [0.717, 1.165) is 42.6 Å². The summed E-state index contributed by atoms with van der Waals surface area (Å²) < 4.78 is 36.7. The van der Waals surface area contributed by atoms with Gasteiger partial charge >= 0.3 is 12.2 Å². The van der Waals surface area contributed by atoms with Crippen molar-refractivity contribution in [1.82, 2.24) is 15.1 Å². The first kappa shape index (κ1) is 18.6. The number of amides is 2. The average Bonchev–Trinajstić information content (AvgIpc) is 2.85. The molecule has 2 N–H and O–H groups in total. The van der Waals surface area contributed by atoms with Crippen molar-refractivity contribution >= 4 is 22.5 Å². The summed E-state index contributed by atoms with van der Waals surface area (Å²) in [6, 6.07) is -0.778. The van der Waals surface area contributed by atoms with Gasteiger partial charge in [-0.15, -0.1) is 10.2 Å². The van der Waals surface area contributed by atoms with Gasteiger partial charge in [0.1, 0.15) is 5.01 Å². The van der Waals surface area contributed by atoms with Crippen LogP contribution in [0.25, 0.3) is 0 Å². The van der Waals surface area contributed by atoms with Crippen LogP contribution in [0.2, 0.25) is 0 Å². The Labute approximate surface area is 130 Å². The minimum absolute atomic E-state index is 0.227. The number of halogens is 3. The maximum atomic E-state index is 12.2. The Morgan fingerprint density at radius 1 is 1.41 bits per heavy atom. The number of hydrogen-bond acceptors (Lipinski definition) is 5. The van der Waals surface area contributed by atoms with Crippen molar-refractivity contribution in [2.45, 2.75) is 44.9 Å². The molecule has 0 aliphatic rings. The standard InChI is InChI=1S/C12H19F3N4O2S/c1-3-4-5-6-9-17-18-10(22-9)16-11(21)19(2)7-8(20)12(13,14)15/h8,20H,3-7H2,1-2H3,(H,16,18,21). The van der Waals surface area contributed by atoms with Gasteiger partial charge in [0, 0.05) is 13.5 Å². The smallest absolute Gasteiger partial charge is 0.382 e. The Morgan fingerprint density at radius 3 is 2.68 bits per heavy atom. The molecule has 126 valence electrons. The van der Waals surface area contributed by atoms with Crippen molar-refractivity contribution in [3.63, 3.8) is 0 Å². The minimum Gasteiger partial charge on any atom is -0.382 e. The number of rotatable bonds is 7. The van der Waals surface area contributed by atoms with Crippen molar-refractivity contribution in [2.24, 2.45) is 0 Å². The number of carbonyl (C=O) groups is 1. The molecule has 0 saturated carbocycles. The van der Waals surface area contributed by atoms with Gasteiger partial charge in [-0.3, -0.25) is 5.32 Å². The number of aryl methyl sites for hydroxylation is 1. The molecule has 1 aromatic rings. The third-order valence-electron chi connectivity index (χ3n) is 2.85. The number of nitrogens with zero attached hydrogens (tertiary/aromatic N) is 3. The largest absolute Gasteiger partial charge is 0.416 e. The maximum Gasteiger partial charge on any atom is 0.416 e. The van der Waals surface area contributed by atoms with Gasteiger partial charge in [-0.25, -0.2) is 4.79 Å². The summed E-state index contributed by atoms with van der Waals surface area (Å²) in [5, 5.41) is 20.0. The molecular weight excluding hydrogens is 321 g/mol. The molecule has 10 heteroatoms. The van der Waals surface area contributed by atoms with Gasteiger partial charge in [-0.2, -0.15) is 13.2 Å². The van der Waals surface area contributed by atoms with Crippen LogP contribution in [-0.4, -0.2) is 52.1 Å². The lowest BCUT2D eigenvalue weighted by Gasteiger charge is -2.22. The highest BCUT2D eigenvalue weighted by atomic mass is 32.1. The number of hydrogen-bond donors (Lipinski definition) is 2. The second-order valence-electron chi connectivity index (χ2n) is 4.83. The molecule has 0 aliphatic carbocycles. The molecule has 0 radical (unpaired) electrons. The van der Waals surface area contributed by atoms with E-state index in [1.54, 1.807) is 0 Å². The third kappa shape index (κ3) is 6.14. The number of anilines is 1. The Morgan fingerprint density at radius 2 is 2.09 bits per heavy atom. The zero-order valence-electron chi connectivity index (χ0n) is 12.4. The van der Waals surface area contributed by atoms with Crippen LogP contribution >= 0.6 is 11.3 Å². The SMILES string of the molecule is CCCCCc1nnc(NC(=O)N(C)CC(O)C(F)(F)F)s1. The fraction of sp³-hybridized carbons (Fsp3) is 0.750. The Hall–Kier alpha value is -1.42. The zero-order chi connectivity index (χ0) is 16.8. The highest BCUT2D eigenvalue weighted by Crippen LogP contribution is 2.21. The summed E-state index contributed by atoms with van der Waals surface area (Å²) in [6.07, 6.45) is -3.47. The fourth-order valence-corrected chi connectivity index (χ4v) is 2.34. The second-order valence-corrected chi connectivity index (χ2v) is 5.89. The number of carbonyl (C=O) groups excluding carboxylic acids is 1. The lowest BCUT2D eigenvalue weighted by molar-refractivity contribution is -0.205. The van der Waals surface area contributed by atoms with Gasteiger partial charge in [0.2, 0.25) is 5.13 Å². The summed E-state index contributed by atoms with van der Waals surface area (Å²) in [5.74, 6) is 0. The molecule has 0 bridgehead atoms. The number of urea groups is 1. The zero-order valence-corrected chi connectivity index (χ0v) is 13.2. The van der Waals surface area contributed by atoms with E-state index in [9.17, 15) is 18.0 Å². The predicted octanol–water partition coefficient (Wildman–Crippen LogP) is 2.66. The Balaban J connectivity index is 2.47. The van der Waals surface area contributed by atoms with Crippen LogP contribution in [0.5, 0.6) is 0 Å². The van der Waals surface area contributed by atoms with Gasteiger partial charge in [0.15, 0.2) is 6.10 Å². The maximum absolute atomic E-state index is 12.2. The van der Waals surface area contributed by atoms with Crippen molar-refractivity contribution in [1.29, 1.82) is 0 Å². The molecule has 1 aromatic heterocycles. The van der Waals surface area contributed by atoms with E-state index in [0.29, 0.717) is 0 Å². The molecule has 0 saturated heterocycles. The van der Waals surface area contributed by atoms with Crippen LogP contribution < -0.4 is 5.32 Å². The van der Waals surface area contributed by atoms with Gasteiger partial charge < -0.3 is 10.0 Å². The monoisotopic (exact) mass is 340 g/mol. The average molecular weight is 340 g/mol. The van der Waals surface area contributed by atoms with Crippen LogP contribution in [0.3, 0.4) is 0 Å². The lowest BCUT2D eigenvalue weighted by Crippen LogP contribution is -2.43. The van der Waals surface area contributed by atoms with E-state index >= 15 is 0 Å². The summed E-state index contributed by atoms with van der Waals surface area (Å²) in [6.45, 7) is 1.23. The Bertz CT molecular complexity index is 481. The molecule has 6 nitrogen and oxygen atoms in total. The highest BCUT2D eigenvalue weighted by Gasteiger charge is 2.39. The molecule has 0 spiro atoms. The van der Waals surface area contributed by atoms with Crippen LogP contribution in [0.15, 0.2) is 0 Å². The Kier molecular flexibility index (Phi) is 7.01. The van der Waals surface area contributed by atoms with Gasteiger partial charge in [-0.1, -0.05) is 31.1 Å². The molecule has 0 aliphatic heterocycles. The van der Waals surface area contributed by atoms with Crippen molar-refractivity contribution in [3.8, 4) is 0 Å². The van der Waals surface area contributed by atoms with Gasteiger partial charge in [-0.05, 0) is 6.42 Å². The van der Waals surface area contributed by atoms with E-state index in [4.69, 9.17) is 5.11 Å². The normalized spacial score (nSPS) is 13.0. The minimum atomic E-state index is -4.76. The third-order valence-corrected chi connectivity index (χ3v) is 3.74. The molecule has 1 rings (SSSR count). The number of likely N-dealkylation sites (N-methyl/N-ethyl adjacent to an activating group) is 1. The van der Waals surface area contributed by atoms with Crippen molar-refractivity contribution in [2.75, 3.05) is 18.9 Å². The lowest BCUT2D eigenvalue weighted by atomic mass is 10.2. The summed E-state index contributed by atoms with van der Waals surface area (Å²) in [4.78, 5) is 12.5. The van der Waals surface area contributed by atoms with E-state index in [1.807, 2.05) is 0 Å². The van der Waals surface area contributed by atoms with Crippen LogP contribution in [0, 0.1) is 0 Å².